The van der Waals surface area contributed by atoms with Gasteiger partial charge in [-0.2, -0.15) is 13.2 Å². The van der Waals surface area contributed by atoms with Gasteiger partial charge in [-0.3, -0.25) is 0 Å². The average molecular weight is 351 g/mol. The largest absolute Gasteiger partial charge is 0.417 e. The van der Waals surface area contributed by atoms with Crippen LogP contribution in [0.5, 0.6) is 0 Å². The monoisotopic (exact) mass is 350 g/mol. The van der Waals surface area contributed by atoms with E-state index in [1.54, 1.807) is 6.07 Å². The zero-order chi connectivity index (χ0) is 14.8. The maximum atomic E-state index is 12.8. The van der Waals surface area contributed by atoms with Gasteiger partial charge in [-0.15, -0.1) is 0 Å². The first-order valence-electron chi connectivity index (χ1n) is 6.68. The molecule has 2 rings (SSSR count). The highest BCUT2D eigenvalue weighted by Crippen LogP contribution is 2.35. The third-order valence-electron chi connectivity index (χ3n) is 3.28. The lowest BCUT2D eigenvalue weighted by atomic mass is 10.1. The van der Waals surface area contributed by atoms with Crippen molar-refractivity contribution in [2.75, 3.05) is 6.54 Å². The fourth-order valence-electron chi connectivity index (χ4n) is 1.89. The van der Waals surface area contributed by atoms with E-state index in [2.05, 4.69) is 26.6 Å². The maximum absolute atomic E-state index is 12.8. The summed E-state index contributed by atoms with van der Waals surface area (Å²) in [5.41, 5.74) is 0.0133. The molecule has 0 spiro atoms. The number of hydrogen-bond donors (Lipinski definition) is 2. The Balaban J connectivity index is 1.88. The van der Waals surface area contributed by atoms with Crippen LogP contribution in [0.25, 0.3) is 0 Å². The molecule has 0 heterocycles. The zero-order valence-electron chi connectivity index (χ0n) is 11.2. The van der Waals surface area contributed by atoms with Crippen molar-refractivity contribution in [3.8, 4) is 0 Å². The molecule has 1 fully saturated rings. The van der Waals surface area contributed by atoms with Gasteiger partial charge in [0.2, 0.25) is 0 Å². The Morgan fingerprint density at radius 1 is 1.35 bits per heavy atom. The smallest absolute Gasteiger partial charge is 0.312 e. The van der Waals surface area contributed by atoms with E-state index in [0.29, 0.717) is 18.2 Å². The van der Waals surface area contributed by atoms with Gasteiger partial charge in [-0.25, -0.2) is 0 Å². The molecule has 1 saturated carbocycles. The number of nitrogens with one attached hydrogen (secondary N) is 2. The fourth-order valence-corrected chi connectivity index (χ4v) is 2.37. The van der Waals surface area contributed by atoms with Gasteiger partial charge in [0, 0.05) is 29.6 Å². The summed E-state index contributed by atoms with van der Waals surface area (Å²) >= 11 is 2.94. The summed E-state index contributed by atoms with van der Waals surface area (Å²) in [4.78, 5) is 0. The molecule has 0 saturated heterocycles. The van der Waals surface area contributed by atoms with E-state index in [1.165, 1.54) is 25.0 Å². The predicted molar refractivity (Wildman–Crippen MR) is 76.5 cm³/mol. The van der Waals surface area contributed by atoms with Gasteiger partial charge >= 0.3 is 6.18 Å². The van der Waals surface area contributed by atoms with Gasteiger partial charge in [0.1, 0.15) is 0 Å². The van der Waals surface area contributed by atoms with Crippen molar-refractivity contribution in [2.45, 2.75) is 44.6 Å². The van der Waals surface area contributed by atoms with Crippen LogP contribution < -0.4 is 10.6 Å². The minimum absolute atomic E-state index is 0.0807. The van der Waals surface area contributed by atoms with E-state index in [9.17, 15) is 13.2 Å². The molecule has 20 heavy (non-hydrogen) atoms. The highest BCUT2D eigenvalue weighted by molar-refractivity contribution is 9.10. The second-order valence-corrected chi connectivity index (χ2v) is 6.13. The summed E-state index contributed by atoms with van der Waals surface area (Å²) in [5, 5.41) is 6.62. The Morgan fingerprint density at radius 3 is 2.65 bits per heavy atom. The molecule has 6 heteroatoms. The Kier molecular flexibility index (Phi) is 5.09. The lowest BCUT2D eigenvalue weighted by Crippen LogP contribution is -2.36. The lowest BCUT2D eigenvalue weighted by molar-refractivity contribution is -0.138. The van der Waals surface area contributed by atoms with Crippen LogP contribution in [-0.2, 0) is 12.7 Å². The molecule has 2 nitrogen and oxygen atoms in total. The van der Waals surface area contributed by atoms with Crippen LogP contribution in [0.1, 0.15) is 30.9 Å². The molecule has 1 atom stereocenters. The standard InChI is InChI=1S/C14H18BrF3N2/c1-9(7-20-11-3-4-11)19-8-10-2-5-13(15)12(6-10)14(16,17)18/h2,5-6,9,11,19-20H,3-4,7-8H2,1H3. The molecular formula is C14H18BrF3N2. The minimum Gasteiger partial charge on any atom is -0.312 e. The van der Waals surface area contributed by atoms with E-state index < -0.39 is 11.7 Å². The molecule has 1 aliphatic carbocycles. The second kappa shape index (κ2) is 6.45. The zero-order valence-corrected chi connectivity index (χ0v) is 12.8. The number of halogens is 4. The van der Waals surface area contributed by atoms with E-state index in [-0.39, 0.29) is 10.5 Å². The number of rotatable bonds is 6. The van der Waals surface area contributed by atoms with Crippen molar-refractivity contribution in [2.24, 2.45) is 0 Å². The topological polar surface area (TPSA) is 24.1 Å². The van der Waals surface area contributed by atoms with Crippen LogP contribution >= 0.6 is 15.9 Å². The van der Waals surface area contributed by atoms with Crippen LogP contribution in [0, 0.1) is 0 Å². The van der Waals surface area contributed by atoms with Gasteiger partial charge in [-0.05, 0) is 37.5 Å². The van der Waals surface area contributed by atoms with Gasteiger partial charge in [0.15, 0.2) is 0 Å². The van der Waals surface area contributed by atoms with Crippen molar-refractivity contribution in [3.63, 3.8) is 0 Å². The fraction of sp³-hybridized carbons (Fsp3) is 0.571. The first kappa shape index (κ1) is 15.8. The lowest BCUT2D eigenvalue weighted by Gasteiger charge is -2.16. The van der Waals surface area contributed by atoms with E-state index in [4.69, 9.17) is 0 Å². The van der Waals surface area contributed by atoms with E-state index in [0.717, 1.165) is 6.54 Å². The van der Waals surface area contributed by atoms with Crippen molar-refractivity contribution in [1.29, 1.82) is 0 Å². The van der Waals surface area contributed by atoms with E-state index >= 15 is 0 Å². The summed E-state index contributed by atoms with van der Waals surface area (Å²) in [5.74, 6) is 0. The van der Waals surface area contributed by atoms with Gasteiger partial charge in [0.05, 0.1) is 5.56 Å². The van der Waals surface area contributed by atoms with Gasteiger partial charge in [-0.1, -0.05) is 22.0 Å². The van der Waals surface area contributed by atoms with Gasteiger partial charge < -0.3 is 10.6 Å². The second-order valence-electron chi connectivity index (χ2n) is 5.28. The molecule has 1 aromatic carbocycles. The Morgan fingerprint density at radius 2 is 2.05 bits per heavy atom. The first-order chi connectivity index (χ1) is 9.36. The Bertz CT molecular complexity index is 458. The van der Waals surface area contributed by atoms with Crippen molar-refractivity contribution >= 4 is 15.9 Å². The Labute approximate surface area is 125 Å². The quantitative estimate of drug-likeness (QED) is 0.817. The van der Waals surface area contributed by atoms with Crippen LogP contribution in [0.15, 0.2) is 22.7 Å². The molecule has 1 aliphatic rings. The summed E-state index contributed by atoms with van der Waals surface area (Å²) in [6.07, 6.45) is -1.86. The molecule has 0 amide bonds. The third-order valence-corrected chi connectivity index (χ3v) is 3.97. The molecule has 1 aromatic rings. The van der Waals surface area contributed by atoms with Crippen molar-refractivity contribution in [3.05, 3.63) is 33.8 Å². The molecule has 0 aliphatic heterocycles. The van der Waals surface area contributed by atoms with Crippen LogP contribution in [0.2, 0.25) is 0 Å². The number of hydrogen-bond acceptors (Lipinski definition) is 2. The first-order valence-corrected chi connectivity index (χ1v) is 7.48. The molecule has 0 aromatic heterocycles. The van der Waals surface area contributed by atoms with Crippen LogP contribution in [0.4, 0.5) is 13.2 Å². The summed E-state index contributed by atoms with van der Waals surface area (Å²) in [7, 11) is 0. The minimum atomic E-state index is -4.33. The number of benzene rings is 1. The number of alkyl halides is 3. The molecule has 0 bridgehead atoms. The van der Waals surface area contributed by atoms with Gasteiger partial charge in [0.25, 0.3) is 0 Å². The normalized spacial score (nSPS) is 17.2. The maximum Gasteiger partial charge on any atom is 0.417 e. The van der Waals surface area contributed by atoms with Crippen molar-refractivity contribution in [1.82, 2.24) is 10.6 Å². The highest BCUT2D eigenvalue weighted by atomic mass is 79.9. The van der Waals surface area contributed by atoms with Crippen molar-refractivity contribution < 1.29 is 13.2 Å². The molecule has 0 radical (unpaired) electrons. The summed E-state index contributed by atoms with van der Waals surface area (Å²) in [6, 6.07) is 5.22. The molecular weight excluding hydrogens is 333 g/mol. The predicted octanol–water partition coefficient (Wildman–Crippen LogP) is 3.70. The van der Waals surface area contributed by atoms with E-state index in [1.807, 2.05) is 6.92 Å². The molecule has 112 valence electrons. The SMILES string of the molecule is CC(CNC1CC1)NCc1ccc(Br)c(C(F)(F)F)c1. The Hall–Kier alpha value is -0.590. The highest BCUT2D eigenvalue weighted by Gasteiger charge is 2.33. The average Bonchev–Trinajstić information content (AvgIpc) is 3.18. The third kappa shape index (κ3) is 4.75. The van der Waals surface area contributed by atoms with Crippen LogP contribution in [-0.4, -0.2) is 18.6 Å². The molecule has 2 N–H and O–H groups in total. The summed E-state index contributed by atoms with van der Waals surface area (Å²) in [6.45, 7) is 3.30. The van der Waals surface area contributed by atoms with Crippen LogP contribution in [0.3, 0.4) is 0 Å². The molecule has 1 unspecified atom stereocenters. The summed E-state index contributed by atoms with van der Waals surface area (Å²) < 4.78 is 38.4.